The molecule has 2 N–H and O–H groups in total. The normalized spacial score (nSPS) is 10.3. The summed E-state index contributed by atoms with van der Waals surface area (Å²) in [6.45, 7) is 3.94. The first-order valence-electron chi connectivity index (χ1n) is 5.52. The maximum absolute atomic E-state index is 8.77. The van der Waals surface area contributed by atoms with Crippen molar-refractivity contribution in [3.8, 4) is 11.8 Å². The molecular weight excluding hydrogens is 292 g/mol. The zero-order chi connectivity index (χ0) is 13.3. The first-order chi connectivity index (χ1) is 8.54. The molecule has 0 aliphatic heterocycles. The highest BCUT2D eigenvalue weighted by molar-refractivity contribution is 9.10. The Morgan fingerprint density at radius 3 is 2.72 bits per heavy atom. The van der Waals surface area contributed by atoms with Crippen molar-refractivity contribution in [2.75, 3.05) is 5.73 Å². The fourth-order valence-corrected chi connectivity index (χ4v) is 2.08. The number of halogens is 1. The van der Waals surface area contributed by atoms with Crippen LogP contribution in [0.2, 0.25) is 0 Å². The van der Waals surface area contributed by atoms with Crippen LogP contribution in [0, 0.1) is 25.2 Å². The molecule has 1 heterocycles. The van der Waals surface area contributed by atoms with Gasteiger partial charge >= 0.3 is 0 Å². The highest BCUT2D eigenvalue weighted by Crippen LogP contribution is 2.24. The van der Waals surface area contributed by atoms with Gasteiger partial charge in [0.05, 0.1) is 34.0 Å². The van der Waals surface area contributed by atoms with Crippen LogP contribution < -0.4 is 5.73 Å². The number of benzene rings is 1. The highest BCUT2D eigenvalue weighted by Gasteiger charge is 2.11. The Morgan fingerprint density at radius 1 is 1.44 bits per heavy atom. The smallest absolute Gasteiger partial charge is 0.0743 e. The van der Waals surface area contributed by atoms with E-state index in [0.717, 1.165) is 27.1 Å². The van der Waals surface area contributed by atoms with Gasteiger partial charge in [-0.2, -0.15) is 10.4 Å². The van der Waals surface area contributed by atoms with Crippen LogP contribution >= 0.6 is 15.9 Å². The first kappa shape index (κ1) is 12.7. The Balaban J connectivity index is 2.55. The topological polar surface area (TPSA) is 67.6 Å². The van der Waals surface area contributed by atoms with Crippen LogP contribution in [-0.2, 0) is 6.42 Å². The molecule has 5 heteroatoms. The Bertz CT molecular complexity index is 637. The Labute approximate surface area is 114 Å². The predicted octanol–water partition coefficient (Wildman–Crippen LogP) is 2.90. The van der Waals surface area contributed by atoms with Crippen molar-refractivity contribution in [3.63, 3.8) is 0 Å². The van der Waals surface area contributed by atoms with Gasteiger partial charge in [-0.15, -0.1) is 0 Å². The summed E-state index contributed by atoms with van der Waals surface area (Å²) < 4.78 is 2.85. The average molecular weight is 305 g/mol. The van der Waals surface area contributed by atoms with Crippen molar-refractivity contribution in [1.82, 2.24) is 9.78 Å². The van der Waals surface area contributed by atoms with Gasteiger partial charge in [-0.25, -0.2) is 4.68 Å². The van der Waals surface area contributed by atoms with Gasteiger partial charge < -0.3 is 5.73 Å². The lowest BCUT2D eigenvalue weighted by atomic mass is 10.1. The number of nitriles is 1. The van der Waals surface area contributed by atoms with Crippen LogP contribution in [0.3, 0.4) is 0 Å². The number of nitrogens with zero attached hydrogens (tertiary/aromatic N) is 3. The zero-order valence-electron chi connectivity index (χ0n) is 10.2. The van der Waals surface area contributed by atoms with E-state index in [1.807, 2.05) is 36.7 Å². The minimum Gasteiger partial charge on any atom is -0.398 e. The van der Waals surface area contributed by atoms with E-state index in [1.165, 1.54) is 0 Å². The van der Waals surface area contributed by atoms with E-state index in [9.17, 15) is 0 Å². The average Bonchev–Trinajstić information content (AvgIpc) is 2.60. The van der Waals surface area contributed by atoms with Gasteiger partial charge in [-0.05, 0) is 53.5 Å². The van der Waals surface area contributed by atoms with Crippen LogP contribution in [0.5, 0.6) is 0 Å². The quantitative estimate of drug-likeness (QED) is 0.867. The fraction of sp³-hybridized carbons (Fsp3) is 0.231. The largest absolute Gasteiger partial charge is 0.398 e. The molecule has 0 fully saturated rings. The lowest BCUT2D eigenvalue weighted by molar-refractivity contribution is 0.832. The Morgan fingerprint density at radius 2 is 2.17 bits per heavy atom. The number of hydrogen-bond acceptors (Lipinski definition) is 3. The van der Waals surface area contributed by atoms with Crippen LogP contribution in [0.25, 0.3) is 5.69 Å². The van der Waals surface area contributed by atoms with Crippen LogP contribution in [-0.4, -0.2) is 9.78 Å². The summed E-state index contributed by atoms with van der Waals surface area (Å²) in [5.41, 5.74) is 10.2. The van der Waals surface area contributed by atoms with Gasteiger partial charge in [-0.1, -0.05) is 0 Å². The minimum absolute atomic E-state index is 0.306. The summed E-state index contributed by atoms with van der Waals surface area (Å²) in [6.07, 6.45) is 0.306. The summed E-state index contributed by atoms with van der Waals surface area (Å²) in [6, 6.07) is 7.74. The van der Waals surface area contributed by atoms with Crippen molar-refractivity contribution < 1.29 is 0 Å². The molecule has 0 saturated heterocycles. The molecule has 1 aromatic carbocycles. The Kier molecular flexibility index (Phi) is 3.39. The maximum atomic E-state index is 8.77. The fourth-order valence-electron chi connectivity index (χ4n) is 1.84. The van der Waals surface area contributed by atoms with Gasteiger partial charge in [0.15, 0.2) is 0 Å². The van der Waals surface area contributed by atoms with Crippen molar-refractivity contribution in [3.05, 3.63) is 39.6 Å². The zero-order valence-corrected chi connectivity index (χ0v) is 11.8. The number of aromatic nitrogens is 2. The lowest BCUT2D eigenvalue weighted by Gasteiger charge is -2.08. The van der Waals surface area contributed by atoms with E-state index in [0.29, 0.717) is 12.1 Å². The molecule has 2 rings (SSSR count). The van der Waals surface area contributed by atoms with Gasteiger partial charge in [0.25, 0.3) is 0 Å². The molecule has 0 aliphatic carbocycles. The minimum atomic E-state index is 0.306. The summed E-state index contributed by atoms with van der Waals surface area (Å²) in [4.78, 5) is 0. The molecule has 4 nitrogen and oxygen atoms in total. The third-order valence-electron chi connectivity index (χ3n) is 2.84. The number of hydrogen-bond donors (Lipinski definition) is 1. The van der Waals surface area contributed by atoms with E-state index >= 15 is 0 Å². The maximum Gasteiger partial charge on any atom is 0.0743 e. The molecule has 0 amide bonds. The van der Waals surface area contributed by atoms with E-state index in [2.05, 4.69) is 27.1 Å². The SMILES string of the molecule is Cc1nn(-c2ccc(N)c(CC#N)c2)c(C)c1Br. The molecule has 0 aliphatic rings. The Hall–Kier alpha value is -1.80. The monoisotopic (exact) mass is 304 g/mol. The van der Waals surface area contributed by atoms with Crippen molar-refractivity contribution in [2.24, 2.45) is 0 Å². The second kappa shape index (κ2) is 4.83. The van der Waals surface area contributed by atoms with Crippen molar-refractivity contribution >= 4 is 21.6 Å². The number of anilines is 1. The van der Waals surface area contributed by atoms with Gasteiger partial charge in [0.2, 0.25) is 0 Å². The molecule has 0 atom stereocenters. The highest BCUT2D eigenvalue weighted by atomic mass is 79.9. The van der Waals surface area contributed by atoms with Gasteiger partial charge in [0.1, 0.15) is 0 Å². The standard InChI is InChI=1S/C13H13BrN4/c1-8-13(14)9(2)18(17-8)11-3-4-12(16)10(7-11)5-6-15/h3-4,7H,5,16H2,1-2H3. The molecule has 2 aromatic rings. The van der Waals surface area contributed by atoms with Crippen LogP contribution in [0.4, 0.5) is 5.69 Å². The summed E-state index contributed by atoms with van der Waals surface area (Å²) in [5, 5.41) is 13.2. The molecule has 0 bridgehead atoms. The van der Waals surface area contributed by atoms with Crippen molar-refractivity contribution in [1.29, 1.82) is 5.26 Å². The molecule has 0 radical (unpaired) electrons. The lowest BCUT2D eigenvalue weighted by Crippen LogP contribution is -2.02. The third-order valence-corrected chi connectivity index (χ3v) is 3.99. The predicted molar refractivity (Wildman–Crippen MR) is 74.5 cm³/mol. The molecule has 0 saturated carbocycles. The molecule has 1 aromatic heterocycles. The van der Waals surface area contributed by atoms with Gasteiger partial charge in [-0.3, -0.25) is 0 Å². The first-order valence-corrected chi connectivity index (χ1v) is 6.31. The number of nitrogen functional groups attached to an aromatic ring is 1. The van der Waals surface area contributed by atoms with Crippen LogP contribution in [0.15, 0.2) is 22.7 Å². The number of rotatable bonds is 2. The number of aryl methyl sites for hydroxylation is 1. The third kappa shape index (κ3) is 2.12. The molecule has 92 valence electrons. The summed E-state index contributed by atoms with van der Waals surface area (Å²) >= 11 is 3.50. The van der Waals surface area contributed by atoms with E-state index in [4.69, 9.17) is 11.0 Å². The van der Waals surface area contributed by atoms with Crippen LogP contribution in [0.1, 0.15) is 17.0 Å². The molecule has 0 spiro atoms. The summed E-state index contributed by atoms with van der Waals surface area (Å²) in [5.74, 6) is 0. The van der Waals surface area contributed by atoms with E-state index < -0.39 is 0 Å². The second-order valence-electron chi connectivity index (χ2n) is 4.11. The number of nitrogens with two attached hydrogens (primary N) is 1. The van der Waals surface area contributed by atoms with Gasteiger partial charge in [0, 0.05) is 5.69 Å². The second-order valence-corrected chi connectivity index (χ2v) is 4.91. The van der Waals surface area contributed by atoms with E-state index in [1.54, 1.807) is 0 Å². The molecular formula is C13H13BrN4. The summed E-state index contributed by atoms with van der Waals surface area (Å²) in [7, 11) is 0. The molecule has 18 heavy (non-hydrogen) atoms. The van der Waals surface area contributed by atoms with E-state index in [-0.39, 0.29) is 0 Å². The van der Waals surface area contributed by atoms with Crippen molar-refractivity contribution in [2.45, 2.75) is 20.3 Å². The molecule has 0 unspecified atom stereocenters.